The fourth-order valence-electron chi connectivity index (χ4n) is 3.20. The van der Waals surface area contributed by atoms with E-state index in [4.69, 9.17) is 15.2 Å². The average Bonchev–Trinajstić information content (AvgIpc) is 2.55. The number of nitrogens with two attached hydrogens (primary N) is 1. The SMILES string of the molecule is CC1(C)CN(C(=O)C2(C)COCC2N)CC(C)(C)O1. The number of carbonyl (C=O) groups is 1. The third-order valence-corrected chi connectivity index (χ3v) is 3.99. The average molecular weight is 270 g/mol. The Labute approximate surface area is 115 Å². The Morgan fingerprint density at radius 3 is 2.11 bits per heavy atom. The van der Waals surface area contributed by atoms with Gasteiger partial charge in [0, 0.05) is 19.1 Å². The molecule has 2 aliphatic rings. The molecule has 2 saturated heterocycles. The second-order valence-corrected chi connectivity index (χ2v) is 7.32. The van der Waals surface area contributed by atoms with Crippen LogP contribution in [0.4, 0.5) is 0 Å². The monoisotopic (exact) mass is 270 g/mol. The van der Waals surface area contributed by atoms with Gasteiger partial charge in [-0.25, -0.2) is 0 Å². The Bertz CT molecular complexity index is 365. The number of nitrogens with zero attached hydrogens (tertiary/aromatic N) is 1. The predicted octanol–water partition coefficient (Wildman–Crippen LogP) is 0.766. The Balaban J connectivity index is 2.19. The lowest BCUT2D eigenvalue weighted by atomic mass is 9.83. The number of hydrogen-bond acceptors (Lipinski definition) is 4. The molecule has 1 amide bonds. The summed E-state index contributed by atoms with van der Waals surface area (Å²) < 4.78 is 11.4. The third-order valence-electron chi connectivity index (χ3n) is 3.99. The molecule has 5 heteroatoms. The number of rotatable bonds is 1. The van der Waals surface area contributed by atoms with Gasteiger partial charge in [-0.2, -0.15) is 0 Å². The second-order valence-electron chi connectivity index (χ2n) is 7.32. The van der Waals surface area contributed by atoms with Crippen molar-refractivity contribution in [2.45, 2.75) is 51.9 Å². The van der Waals surface area contributed by atoms with E-state index in [9.17, 15) is 4.79 Å². The summed E-state index contributed by atoms with van der Waals surface area (Å²) in [4.78, 5) is 14.7. The Hall–Kier alpha value is -0.650. The summed E-state index contributed by atoms with van der Waals surface area (Å²) >= 11 is 0. The van der Waals surface area contributed by atoms with E-state index in [0.29, 0.717) is 26.3 Å². The summed E-state index contributed by atoms with van der Waals surface area (Å²) in [6.45, 7) is 12.0. The minimum absolute atomic E-state index is 0.0851. The van der Waals surface area contributed by atoms with Crippen molar-refractivity contribution in [3.8, 4) is 0 Å². The van der Waals surface area contributed by atoms with E-state index in [1.165, 1.54) is 0 Å². The maximum atomic E-state index is 12.8. The number of morpholine rings is 1. The van der Waals surface area contributed by atoms with Crippen LogP contribution in [-0.4, -0.2) is 54.4 Å². The van der Waals surface area contributed by atoms with Crippen molar-refractivity contribution in [3.05, 3.63) is 0 Å². The highest BCUT2D eigenvalue weighted by Crippen LogP contribution is 2.34. The lowest BCUT2D eigenvalue weighted by molar-refractivity contribution is -0.193. The van der Waals surface area contributed by atoms with Crippen molar-refractivity contribution in [2.24, 2.45) is 11.1 Å². The van der Waals surface area contributed by atoms with Crippen molar-refractivity contribution in [3.63, 3.8) is 0 Å². The zero-order chi connectivity index (χ0) is 14.5. The van der Waals surface area contributed by atoms with E-state index >= 15 is 0 Å². The van der Waals surface area contributed by atoms with Crippen LogP contribution in [0.25, 0.3) is 0 Å². The lowest BCUT2D eigenvalue weighted by Gasteiger charge is -2.49. The maximum Gasteiger partial charge on any atom is 0.232 e. The van der Waals surface area contributed by atoms with E-state index in [-0.39, 0.29) is 23.2 Å². The Morgan fingerprint density at radius 1 is 1.16 bits per heavy atom. The van der Waals surface area contributed by atoms with Crippen molar-refractivity contribution in [2.75, 3.05) is 26.3 Å². The van der Waals surface area contributed by atoms with Crippen LogP contribution in [-0.2, 0) is 14.3 Å². The summed E-state index contributed by atoms with van der Waals surface area (Å²) in [5.74, 6) is 0.0851. The summed E-state index contributed by atoms with van der Waals surface area (Å²) in [5.41, 5.74) is 4.77. The van der Waals surface area contributed by atoms with E-state index < -0.39 is 5.41 Å². The van der Waals surface area contributed by atoms with Gasteiger partial charge in [0.2, 0.25) is 5.91 Å². The van der Waals surface area contributed by atoms with Gasteiger partial charge in [0.25, 0.3) is 0 Å². The van der Waals surface area contributed by atoms with Crippen LogP contribution < -0.4 is 5.73 Å². The minimum atomic E-state index is -0.608. The first-order chi connectivity index (χ1) is 8.56. The van der Waals surface area contributed by atoms with Crippen molar-refractivity contribution in [1.82, 2.24) is 4.90 Å². The molecule has 19 heavy (non-hydrogen) atoms. The zero-order valence-electron chi connectivity index (χ0n) is 12.7. The second kappa shape index (κ2) is 4.43. The molecule has 2 rings (SSSR count). The van der Waals surface area contributed by atoms with E-state index in [1.807, 2.05) is 39.5 Å². The predicted molar refractivity (Wildman–Crippen MR) is 72.7 cm³/mol. The van der Waals surface area contributed by atoms with Gasteiger partial charge in [-0.1, -0.05) is 0 Å². The van der Waals surface area contributed by atoms with Crippen LogP contribution in [0.2, 0.25) is 0 Å². The van der Waals surface area contributed by atoms with Crippen LogP contribution in [0.15, 0.2) is 0 Å². The van der Waals surface area contributed by atoms with Gasteiger partial charge in [0.05, 0.1) is 29.8 Å². The summed E-state index contributed by atoms with van der Waals surface area (Å²) in [6.07, 6.45) is 0. The Kier molecular flexibility index (Phi) is 3.44. The fourth-order valence-corrected chi connectivity index (χ4v) is 3.20. The molecule has 0 saturated carbocycles. The van der Waals surface area contributed by atoms with Crippen LogP contribution >= 0.6 is 0 Å². The quantitative estimate of drug-likeness (QED) is 0.764. The zero-order valence-corrected chi connectivity index (χ0v) is 12.7. The highest BCUT2D eigenvalue weighted by molar-refractivity contribution is 5.84. The van der Waals surface area contributed by atoms with Crippen LogP contribution in [0.1, 0.15) is 34.6 Å². The van der Waals surface area contributed by atoms with E-state index in [0.717, 1.165) is 0 Å². The number of hydrogen-bond donors (Lipinski definition) is 1. The summed E-state index contributed by atoms with van der Waals surface area (Å²) in [7, 11) is 0. The standard InChI is InChI=1S/C14H26N2O3/c1-12(2)7-16(8-13(3,4)19-12)11(17)14(5)9-18-6-10(14)15/h10H,6-9,15H2,1-5H3. The van der Waals surface area contributed by atoms with Gasteiger partial charge in [-0.15, -0.1) is 0 Å². The molecule has 0 aromatic rings. The van der Waals surface area contributed by atoms with E-state index in [2.05, 4.69) is 0 Å². The first-order valence-electron chi connectivity index (χ1n) is 6.89. The molecule has 0 aromatic carbocycles. The topological polar surface area (TPSA) is 64.8 Å². The molecular weight excluding hydrogens is 244 g/mol. The van der Waals surface area contributed by atoms with Gasteiger partial charge >= 0.3 is 0 Å². The molecule has 5 nitrogen and oxygen atoms in total. The van der Waals surface area contributed by atoms with Crippen LogP contribution in [0.3, 0.4) is 0 Å². The molecule has 2 unspecified atom stereocenters. The minimum Gasteiger partial charge on any atom is -0.379 e. The molecule has 0 spiro atoms. The summed E-state index contributed by atoms with van der Waals surface area (Å²) in [5, 5.41) is 0. The van der Waals surface area contributed by atoms with Crippen LogP contribution in [0, 0.1) is 5.41 Å². The van der Waals surface area contributed by atoms with Gasteiger partial charge in [0.1, 0.15) is 0 Å². The highest BCUT2D eigenvalue weighted by Gasteiger charge is 2.50. The smallest absolute Gasteiger partial charge is 0.232 e. The maximum absolute atomic E-state index is 12.8. The van der Waals surface area contributed by atoms with Crippen molar-refractivity contribution < 1.29 is 14.3 Å². The molecule has 2 atom stereocenters. The van der Waals surface area contributed by atoms with Crippen molar-refractivity contribution in [1.29, 1.82) is 0 Å². The van der Waals surface area contributed by atoms with E-state index in [1.54, 1.807) is 0 Å². The van der Waals surface area contributed by atoms with Crippen LogP contribution in [0.5, 0.6) is 0 Å². The molecule has 110 valence electrons. The highest BCUT2D eigenvalue weighted by atomic mass is 16.5. The third kappa shape index (κ3) is 2.78. The van der Waals surface area contributed by atoms with Gasteiger partial charge in [-0.3, -0.25) is 4.79 Å². The van der Waals surface area contributed by atoms with Gasteiger partial charge < -0.3 is 20.1 Å². The molecule has 2 N–H and O–H groups in total. The molecule has 0 bridgehead atoms. The molecule has 2 aliphatic heterocycles. The first kappa shape index (κ1) is 14.8. The molecule has 0 aromatic heterocycles. The number of carbonyl (C=O) groups excluding carboxylic acids is 1. The number of ether oxygens (including phenoxy) is 2. The molecule has 0 aliphatic carbocycles. The number of amides is 1. The lowest BCUT2D eigenvalue weighted by Crippen LogP contribution is -2.62. The van der Waals surface area contributed by atoms with Gasteiger partial charge in [0.15, 0.2) is 0 Å². The molecule has 0 radical (unpaired) electrons. The Morgan fingerprint density at radius 2 is 1.68 bits per heavy atom. The summed E-state index contributed by atoms with van der Waals surface area (Å²) in [6, 6.07) is -0.228. The van der Waals surface area contributed by atoms with Crippen molar-refractivity contribution >= 4 is 5.91 Å². The first-order valence-corrected chi connectivity index (χ1v) is 6.89. The largest absolute Gasteiger partial charge is 0.379 e. The molecule has 2 heterocycles. The molecule has 2 fully saturated rings. The van der Waals surface area contributed by atoms with Gasteiger partial charge in [-0.05, 0) is 34.6 Å². The normalized spacial score (nSPS) is 37.4. The fraction of sp³-hybridized carbons (Fsp3) is 0.929. The molecular formula is C14H26N2O3.